The summed E-state index contributed by atoms with van der Waals surface area (Å²) >= 11 is 0. The second kappa shape index (κ2) is 7.01. The van der Waals surface area contributed by atoms with Crippen molar-refractivity contribution in [1.82, 2.24) is 0 Å². The van der Waals surface area contributed by atoms with E-state index < -0.39 is 0 Å². The van der Waals surface area contributed by atoms with Crippen molar-refractivity contribution in [3.63, 3.8) is 0 Å². The molecule has 0 aliphatic heterocycles. The molecule has 0 spiro atoms. The van der Waals surface area contributed by atoms with Crippen molar-refractivity contribution in [2.75, 3.05) is 6.61 Å². The molecule has 3 heteroatoms. The van der Waals surface area contributed by atoms with Crippen LogP contribution in [0.25, 0.3) is 0 Å². The molecule has 0 saturated carbocycles. The first kappa shape index (κ1) is 12.7. The minimum absolute atomic E-state index is 0.118. The lowest BCUT2D eigenvalue weighted by atomic mass is 10.1. The average molecular weight is 222 g/mol. The van der Waals surface area contributed by atoms with E-state index in [1.165, 1.54) is 0 Å². The van der Waals surface area contributed by atoms with E-state index in [4.69, 9.17) is 9.84 Å². The average Bonchev–Trinajstić information content (AvgIpc) is 2.28. The number of aliphatic hydroxyl groups excluding tert-OH is 1. The Hall–Kier alpha value is -1.35. The van der Waals surface area contributed by atoms with Crippen LogP contribution < -0.4 is 0 Å². The summed E-state index contributed by atoms with van der Waals surface area (Å²) < 4.78 is 5.12. The van der Waals surface area contributed by atoms with Crippen LogP contribution in [0.3, 0.4) is 0 Å². The van der Waals surface area contributed by atoms with Crippen LogP contribution in [0, 0.1) is 5.92 Å². The van der Waals surface area contributed by atoms with Crippen molar-refractivity contribution in [3.05, 3.63) is 35.9 Å². The van der Waals surface area contributed by atoms with Crippen LogP contribution in [0.1, 0.15) is 25.3 Å². The molecule has 0 aromatic heterocycles. The maximum Gasteiger partial charge on any atom is 0.306 e. The lowest BCUT2D eigenvalue weighted by Gasteiger charge is -2.09. The molecule has 88 valence electrons. The second-order valence-electron chi connectivity index (χ2n) is 3.97. The number of ether oxygens (including phenoxy) is 1. The molecule has 1 atom stereocenters. The molecule has 1 unspecified atom stereocenters. The van der Waals surface area contributed by atoms with Crippen molar-refractivity contribution in [2.24, 2.45) is 5.92 Å². The Morgan fingerprint density at radius 2 is 2.06 bits per heavy atom. The van der Waals surface area contributed by atoms with Gasteiger partial charge in [-0.3, -0.25) is 4.79 Å². The lowest BCUT2D eigenvalue weighted by Crippen LogP contribution is -2.10. The smallest absolute Gasteiger partial charge is 0.306 e. The molecular weight excluding hydrogens is 204 g/mol. The Morgan fingerprint density at radius 1 is 1.38 bits per heavy atom. The Morgan fingerprint density at radius 3 is 2.69 bits per heavy atom. The Balaban J connectivity index is 2.25. The molecular formula is C13H18O3. The topological polar surface area (TPSA) is 46.5 Å². The minimum Gasteiger partial charge on any atom is -0.461 e. The second-order valence-corrected chi connectivity index (χ2v) is 3.97. The third kappa shape index (κ3) is 4.94. The van der Waals surface area contributed by atoms with Crippen LogP contribution in [0.15, 0.2) is 30.3 Å². The van der Waals surface area contributed by atoms with Gasteiger partial charge in [-0.15, -0.1) is 0 Å². The van der Waals surface area contributed by atoms with Crippen LogP contribution in [0.2, 0.25) is 0 Å². The first-order valence-corrected chi connectivity index (χ1v) is 5.52. The number of rotatable bonds is 6. The summed E-state index contributed by atoms with van der Waals surface area (Å²) in [5.41, 5.74) is 0.991. The summed E-state index contributed by atoms with van der Waals surface area (Å²) in [5.74, 6) is -0.0296. The van der Waals surface area contributed by atoms with Crippen molar-refractivity contribution in [3.8, 4) is 0 Å². The van der Waals surface area contributed by atoms with Crippen LogP contribution in [0.5, 0.6) is 0 Å². The summed E-state index contributed by atoms with van der Waals surface area (Å²) in [6, 6.07) is 9.60. The van der Waals surface area contributed by atoms with Gasteiger partial charge in [0, 0.05) is 13.0 Å². The van der Waals surface area contributed by atoms with E-state index in [1.807, 2.05) is 37.3 Å². The van der Waals surface area contributed by atoms with Crippen LogP contribution >= 0.6 is 0 Å². The van der Waals surface area contributed by atoms with Crippen molar-refractivity contribution < 1.29 is 14.6 Å². The zero-order chi connectivity index (χ0) is 11.8. The number of aliphatic hydroxyl groups is 1. The predicted molar refractivity (Wildman–Crippen MR) is 61.7 cm³/mol. The molecule has 0 bridgehead atoms. The highest BCUT2D eigenvalue weighted by Crippen LogP contribution is 2.09. The van der Waals surface area contributed by atoms with Gasteiger partial charge in [-0.05, 0) is 17.9 Å². The zero-order valence-corrected chi connectivity index (χ0v) is 9.56. The standard InChI is InChI=1S/C13H18O3/c1-11(7-8-14)9-13(15)16-10-12-5-3-2-4-6-12/h2-6,11,14H,7-10H2,1H3. The number of carbonyl (C=O) groups excluding carboxylic acids is 1. The molecule has 0 heterocycles. The number of hydrogen-bond acceptors (Lipinski definition) is 3. The highest BCUT2D eigenvalue weighted by molar-refractivity contribution is 5.69. The van der Waals surface area contributed by atoms with E-state index in [1.54, 1.807) is 0 Å². The molecule has 0 aliphatic carbocycles. The largest absolute Gasteiger partial charge is 0.461 e. The maximum absolute atomic E-state index is 11.4. The lowest BCUT2D eigenvalue weighted by molar-refractivity contribution is -0.146. The third-order valence-corrected chi connectivity index (χ3v) is 2.38. The minimum atomic E-state index is -0.204. The van der Waals surface area contributed by atoms with Gasteiger partial charge in [-0.25, -0.2) is 0 Å². The normalized spacial score (nSPS) is 12.1. The van der Waals surface area contributed by atoms with Gasteiger partial charge in [-0.1, -0.05) is 37.3 Å². The molecule has 1 aromatic rings. The molecule has 0 fully saturated rings. The highest BCUT2D eigenvalue weighted by Gasteiger charge is 2.09. The molecule has 1 rings (SSSR count). The van der Waals surface area contributed by atoms with E-state index in [9.17, 15) is 4.79 Å². The molecule has 0 radical (unpaired) electrons. The van der Waals surface area contributed by atoms with Crippen molar-refractivity contribution >= 4 is 5.97 Å². The van der Waals surface area contributed by atoms with E-state index in [0.717, 1.165) is 5.56 Å². The fraction of sp³-hybridized carbons (Fsp3) is 0.462. The summed E-state index contributed by atoms with van der Waals surface area (Å²) in [6.07, 6.45) is 1.01. The van der Waals surface area contributed by atoms with E-state index in [-0.39, 0.29) is 18.5 Å². The Labute approximate surface area is 96.1 Å². The Kier molecular flexibility index (Phi) is 5.57. The van der Waals surface area contributed by atoms with Gasteiger partial charge < -0.3 is 9.84 Å². The predicted octanol–water partition coefficient (Wildman–Crippen LogP) is 2.14. The summed E-state index contributed by atoms with van der Waals surface area (Å²) in [7, 11) is 0. The van der Waals surface area contributed by atoms with Gasteiger partial charge in [0.05, 0.1) is 0 Å². The number of carbonyl (C=O) groups is 1. The molecule has 1 N–H and O–H groups in total. The first-order valence-electron chi connectivity index (χ1n) is 5.52. The molecule has 0 amide bonds. The van der Waals surface area contributed by atoms with Crippen molar-refractivity contribution in [1.29, 1.82) is 0 Å². The van der Waals surface area contributed by atoms with Gasteiger partial charge in [0.2, 0.25) is 0 Å². The summed E-state index contributed by atoms with van der Waals surface area (Å²) in [5, 5.41) is 8.71. The molecule has 0 saturated heterocycles. The fourth-order valence-corrected chi connectivity index (χ4v) is 1.40. The van der Waals surface area contributed by atoms with E-state index in [2.05, 4.69) is 0 Å². The van der Waals surface area contributed by atoms with Gasteiger partial charge in [0.25, 0.3) is 0 Å². The van der Waals surface area contributed by atoms with Gasteiger partial charge >= 0.3 is 5.97 Å². The Bertz CT molecular complexity index is 308. The SMILES string of the molecule is CC(CCO)CC(=O)OCc1ccccc1. The van der Waals surface area contributed by atoms with Gasteiger partial charge in [0.15, 0.2) is 0 Å². The van der Waals surface area contributed by atoms with Crippen molar-refractivity contribution in [2.45, 2.75) is 26.4 Å². The number of esters is 1. The van der Waals surface area contributed by atoms with Gasteiger partial charge in [0.1, 0.15) is 6.61 Å². The summed E-state index contributed by atoms with van der Waals surface area (Å²) in [6.45, 7) is 2.37. The molecule has 3 nitrogen and oxygen atoms in total. The third-order valence-electron chi connectivity index (χ3n) is 2.38. The summed E-state index contributed by atoms with van der Waals surface area (Å²) in [4.78, 5) is 11.4. The van der Waals surface area contributed by atoms with Crippen LogP contribution in [0.4, 0.5) is 0 Å². The van der Waals surface area contributed by atoms with E-state index in [0.29, 0.717) is 19.4 Å². The van der Waals surface area contributed by atoms with E-state index >= 15 is 0 Å². The maximum atomic E-state index is 11.4. The first-order chi connectivity index (χ1) is 7.72. The molecule has 16 heavy (non-hydrogen) atoms. The quantitative estimate of drug-likeness (QED) is 0.750. The zero-order valence-electron chi connectivity index (χ0n) is 9.56. The number of benzene rings is 1. The van der Waals surface area contributed by atoms with Crippen LogP contribution in [-0.4, -0.2) is 17.7 Å². The van der Waals surface area contributed by atoms with Crippen LogP contribution in [-0.2, 0) is 16.1 Å². The highest BCUT2D eigenvalue weighted by atomic mass is 16.5. The monoisotopic (exact) mass is 222 g/mol. The fourth-order valence-electron chi connectivity index (χ4n) is 1.40. The molecule has 0 aliphatic rings. The molecule has 1 aromatic carbocycles. The van der Waals surface area contributed by atoms with Gasteiger partial charge in [-0.2, -0.15) is 0 Å². The number of hydrogen-bond donors (Lipinski definition) is 1.